The highest BCUT2D eigenvalue weighted by Gasteiger charge is 2.26. The average molecular weight is 248 g/mol. The Balaban J connectivity index is 2.22. The first kappa shape index (κ1) is 11.4. The third-order valence-corrected chi connectivity index (χ3v) is 3.23. The van der Waals surface area contributed by atoms with Crippen molar-refractivity contribution in [2.45, 2.75) is 25.7 Å². The number of hydrogen-bond donors (Lipinski definition) is 1. The standard InChI is InChI=1S/C14H14F2N2/c1-2-17-13-7-12(8-3-4-8)18-14-6-11(16)10(15)5-9(13)14/h5-8H,2-4H2,1H3,(H,17,18). The summed E-state index contributed by atoms with van der Waals surface area (Å²) >= 11 is 0. The first-order valence-electron chi connectivity index (χ1n) is 6.22. The van der Waals surface area contributed by atoms with Gasteiger partial charge >= 0.3 is 0 Å². The molecule has 94 valence electrons. The van der Waals surface area contributed by atoms with E-state index in [-0.39, 0.29) is 0 Å². The van der Waals surface area contributed by atoms with Crippen LogP contribution in [0.3, 0.4) is 0 Å². The van der Waals surface area contributed by atoms with Gasteiger partial charge in [-0.05, 0) is 31.9 Å². The minimum Gasteiger partial charge on any atom is -0.385 e. The van der Waals surface area contributed by atoms with Gasteiger partial charge in [-0.1, -0.05) is 0 Å². The van der Waals surface area contributed by atoms with Gasteiger partial charge in [-0.3, -0.25) is 4.98 Å². The maximum atomic E-state index is 13.3. The first-order chi connectivity index (χ1) is 8.69. The van der Waals surface area contributed by atoms with Gasteiger partial charge in [0.25, 0.3) is 0 Å². The van der Waals surface area contributed by atoms with E-state index in [1.807, 2.05) is 13.0 Å². The summed E-state index contributed by atoms with van der Waals surface area (Å²) in [4.78, 5) is 4.44. The fraction of sp³-hybridized carbons (Fsp3) is 0.357. The van der Waals surface area contributed by atoms with E-state index in [0.29, 0.717) is 16.8 Å². The highest BCUT2D eigenvalue weighted by atomic mass is 19.2. The fourth-order valence-electron chi connectivity index (χ4n) is 2.17. The van der Waals surface area contributed by atoms with E-state index in [4.69, 9.17) is 0 Å². The Kier molecular flexibility index (Phi) is 2.65. The number of anilines is 1. The van der Waals surface area contributed by atoms with Crippen LogP contribution >= 0.6 is 0 Å². The number of rotatable bonds is 3. The number of nitrogens with one attached hydrogen (secondary N) is 1. The molecule has 1 N–H and O–H groups in total. The largest absolute Gasteiger partial charge is 0.385 e. The van der Waals surface area contributed by atoms with Crippen LogP contribution in [0.4, 0.5) is 14.5 Å². The molecular weight excluding hydrogens is 234 g/mol. The van der Waals surface area contributed by atoms with Crippen molar-refractivity contribution in [2.24, 2.45) is 0 Å². The van der Waals surface area contributed by atoms with Gasteiger partial charge in [0.15, 0.2) is 11.6 Å². The van der Waals surface area contributed by atoms with Gasteiger partial charge in [-0.2, -0.15) is 0 Å². The van der Waals surface area contributed by atoms with Crippen LogP contribution in [0.2, 0.25) is 0 Å². The molecule has 0 atom stereocenters. The van der Waals surface area contributed by atoms with E-state index in [1.165, 1.54) is 12.1 Å². The molecule has 0 amide bonds. The van der Waals surface area contributed by atoms with Crippen LogP contribution < -0.4 is 5.32 Å². The van der Waals surface area contributed by atoms with Crippen LogP contribution in [0.25, 0.3) is 10.9 Å². The second kappa shape index (κ2) is 4.19. The van der Waals surface area contributed by atoms with E-state index < -0.39 is 11.6 Å². The summed E-state index contributed by atoms with van der Waals surface area (Å²) in [5, 5.41) is 3.83. The highest BCUT2D eigenvalue weighted by Crippen LogP contribution is 2.41. The van der Waals surface area contributed by atoms with E-state index in [2.05, 4.69) is 10.3 Å². The lowest BCUT2D eigenvalue weighted by molar-refractivity contribution is 0.510. The summed E-state index contributed by atoms with van der Waals surface area (Å²) in [6.45, 7) is 2.71. The summed E-state index contributed by atoms with van der Waals surface area (Å²) in [5.74, 6) is -1.19. The van der Waals surface area contributed by atoms with E-state index >= 15 is 0 Å². The summed E-state index contributed by atoms with van der Waals surface area (Å²) in [6, 6.07) is 4.35. The normalized spacial score (nSPS) is 15.1. The SMILES string of the molecule is CCNc1cc(C2CC2)nc2cc(F)c(F)cc12. The van der Waals surface area contributed by atoms with Crippen LogP contribution in [0, 0.1) is 11.6 Å². The van der Waals surface area contributed by atoms with Crippen molar-refractivity contribution < 1.29 is 8.78 Å². The van der Waals surface area contributed by atoms with Gasteiger partial charge in [-0.25, -0.2) is 8.78 Å². The number of halogens is 2. The lowest BCUT2D eigenvalue weighted by atomic mass is 10.1. The number of aromatic nitrogens is 1. The molecule has 1 fully saturated rings. The highest BCUT2D eigenvalue weighted by molar-refractivity contribution is 5.91. The van der Waals surface area contributed by atoms with E-state index in [9.17, 15) is 8.78 Å². The molecule has 1 heterocycles. The van der Waals surface area contributed by atoms with Crippen LogP contribution in [0.5, 0.6) is 0 Å². The van der Waals surface area contributed by atoms with Gasteiger partial charge in [-0.15, -0.1) is 0 Å². The van der Waals surface area contributed by atoms with Crippen molar-refractivity contribution in [1.29, 1.82) is 0 Å². The zero-order valence-electron chi connectivity index (χ0n) is 10.1. The molecule has 1 saturated carbocycles. The van der Waals surface area contributed by atoms with Crippen LogP contribution in [-0.2, 0) is 0 Å². The van der Waals surface area contributed by atoms with Crippen molar-refractivity contribution in [3.05, 3.63) is 35.5 Å². The maximum Gasteiger partial charge on any atom is 0.161 e. The lowest BCUT2D eigenvalue weighted by Crippen LogP contribution is -2.01. The smallest absolute Gasteiger partial charge is 0.161 e. The molecule has 1 aromatic carbocycles. The number of benzene rings is 1. The van der Waals surface area contributed by atoms with Crippen LogP contribution in [0.15, 0.2) is 18.2 Å². The molecule has 3 rings (SSSR count). The molecule has 4 heteroatoms. The predicted octanol–water partition coefficient (Wildman–Crippen LogP) is 3.82. The van der Waals surface area contributed by atoms with Crippen LogP contribution in [0.1, 0.15) is 31.4 Å². The summed E-state index contributed by atoms with van der Waals surface area (Å²) in [7, 11) is 0. The monoisotopic (exact) mass is 248 g/mol. The van der Waals surface area contributed by atoms with Gasteiger partial charge in [0.1, 0.15) is 0 Å². The Morgan fingerprint density at radius 3 is 2.61 bits per heavy atom. The Hall–Kier alpha value is -1.71. The fourth-order valence-corrected chi connectivity index (χ4v) is 2.17. The Labute approximate surface area is 104 Å². The molecule has 0 aliphatic heterocycles. The molecular formula is C14H14F2N2. The molecule has 0 bridgehead atoms. The second-order valence-electron chi connectivity index (χ2n) is 4.68. The Bertz CT molecular complexity index is 606. The molecule has 2 nitrogen and oxygen atoms in total. The number of pyridine rings is 1. The number of fused-ring (bicyclic) bond motifs is 1. The topological polar surface area (TPSA) is 24.9 Å². The maximum absolute atomic E-state index is 13.3. The molecule has 0 spiro atoms. The summed E-state index contributed by atoms with van der Waals surface area (Å²) in [6.07, 6.45) is 2.27. The van der Waals surface area contributed by atoms with Crippen molar-refractivity contribution in [1.82, 2.24) is 4.98 Å². The van der Waals surface area contributed by atoms with Crippen molar-refractivity contribution >= 4 is 16.6 Å². The van der Waals surface area contributed by atoms with E-state index in [0.717, 1.165) is 30.8 Å². The number of nitrogens with zero attached hydrogens (tertiary/aromatic N) is 1. The third-order valence-electron chi connectivity index (χ3n) is 3.23. The van der Waals surface area contributed by atoms with Gasteiger partial charge in [0.2, 0.25) is 0 Å². The zero-order valence-corrected chi connectivity index (χ0v) is 10.1. The molecule has 0 unspecified atom stereocenters. The molecule has 2 aromatic rings. The minimum atomic E-state index is -0.842. The molecule has 0 radical (unpaired) electrons. The molecule has 1 aliphatic carbocycles. The molecule has 1 aliphatic rings. The second-order valence-corrected chi connectivity index (χ2v) is 4.68. The predicted molar refractivity (Wildman–Crippen MR) is 67.8 cm³/mol. The summed E-state index contributed by atoms with van der Waals surface area (Å²) in [5.41, 5.74) is 2.34. The lowest BCUT2D eigenvalue weighted by Gasteiger charge is -2.10. The number of hydrogen-bond acceptors (Lipinski definition) is 2. The Morgan fingerprint density at radius 1 is 1.22 bits per heavy atom. The average Bonchev–Trinajstić information content (AvgIpc) is 3.15. The Morgan fingerprint density at radius 2 is 1.94 bits per heavy atom. The molecule has 0 saturated heterocycles. The quantitative estimate of drug-likeness (QED) is 0.893. The third kappa shape index (κ3) is 1.92. The first-order valence-corrected chi connectivity index (χ1v) is 6.22. The van der Waals surface area contributed by atoms with Crippen molar-refractivity contribution in [3.63, 3.8) is 0 Å². The minimum absolute atomic E-state index is 0.486. The van der Waals surface area contributed by atoms with Crippen LogP contribution in [-0.4, -0.2) is 11.5 Å². The van der Waals surface area contributed by atoms with Gasteiger partial charge in [0, 0.05) is 35.3 Å². The van der Waals surface area contributed by atoms with Crippen molar-refractivity contribution in [2.75, 3.05) is 11.9 Å². The summed E-state index contributed by atoms with van der Waals surface area (Å²) < 4.78 is 26.6. The van der Waals surface area contributed by atoms with E-state index in [1.54, 1.807) is 0 Å². The zero-order chi connectivity index (χ0) is 12.7. The molecule has 1 aromatic heterocycles. The van der Waals surface area contributed by atoms with Gasteiger partial charge in [0.05, 0.1) is 5.52 Å². The van der Waals surface area contributed by atoms with Gasteiger partial charge < -0.3 is 5.32 Å². The van der Waals surface area contributed by atoms with Crippen molar-refractivity contribution in [3.8, 4) is 0 Å². The molecule has 18 heavy (non-hydrogen) atoms.